The van der Waals surface area contributed by atoms with Gasteiger partial charge in [-0.1, -0.05) is 37.3 Å². The Morgan fingerprint density at radius 3 is 2.55 bits per heavy atom. The third-order valence-corrected chi connectivity index (χ3v) is 7.69. The molecule has 0 spiro atoms. The maximum Gasteiger partial charge on any atom is 0.263 e. The molecular formula is C22H29N3O4S2. The first-order valence-electron chi connectivity index (χ1n) is 10.3. The van der Waals surface area contributed by atoms with Crippen molar-refractivity contribution in [2.75, 3.05) is 24.6 Å². The van der Waals surface area contributed by atoms with Crippen molar-refractivity contribution >= 4 is 43.2 Å². The number of likely N-dealkylation sites (tertiary alicyclic amines) is 1. The second kappa shape index (κ2) is 9.48. The van der Waals surface area contributed by atoms with E-state index in [-0.39, 0.29) is 0 Å². The maximum absolute atomic E-state index is 12.5. The van der Waals surface area contributed by atoms with Crippen LogP contribution in [0.25, 0.3) is 10.2 Å². The zero-order valence-corrected chi connectivity index (χ0v) is 19.8. The molecule has 168 valence electrons. The van der Waals surface area contributed by atoms with Gasteiger partial charge in [0.1, 0.15) is 11.5 Å². The molecule has 2 aromatic rings. The van der Waals surface area contributed by atoms with Gasteiger partial charge in [0, 0.05) is 19.6 Å². The third-order valence-electron chi connectivity index (χ3n) is 5.28. The predicted octanol–water partition coefficient (Wildman–Crippen LogP) is 2.54. The Balaban J connectivity index is 1.77. The number of benzene rings is 1. The number of amides is 2. The lowest BCUT2D eigenvalue weighted by atomic mass is 9.92. The zero-order valence-electron chi connectivity index (χ0n) is 18.2. The largest absolute Gasteiger partial charge is 0.341 e. The Morgan fingerprint density at radius 1 is 1.23 bits per heavy atom. The van der Waals surface area contributed by atoms with E-state index >= 15 is 0 Å². The standard InChI is InChI=1S/C22H29N3O4S2/c1-5-8-25-18-7-6-15(2)10-19(18)30-22(25)23-20(26)13-31(28,29)14-21(27)24-11-16(3)9-17(4)12-24/h5-7,10,16-17H,1,8-9,11-14H2,2-4H3. The number of fused-ring (bicyclic) bond motifs is 1. The summed E-state index contributed by atoms with van der Waals surface area (Å²) < 4.78 is 27.8. The molecule has 2 heterocycles. The number of rotatable bonds is 6. The van der Waals surface area contributed by atoms with E-state index < -0.39 is 33.2 Å². The van der Waals surface area contributed by atoms with E-state index in [0.29, 0.717) is 36.3 Å². The van der Waals surface area contributed by atoms with Crippen LogP contribution in [0, 0.1) is 18.8 Å². The molecule has 1 aliphatic rings. The highest BCUT2D eigenvalue weighted by molar-refractivity contribution is 7.92. The number of hydrogen-bond acceptors (Lipinski definition) is 5. The smallest absolute Gasteiger partial charge is 0.263 e. The second-order valence-corrected chi connectivity index (χ2v) is 11.6. The first-order valence-corrected chi connectivity index (χ1v) is 13.0. The van der Waals surface area contributed by atoms with Crippen LogP contribution >= 0.6 is 11.3 Å². The predicted molar refractivity (Wildman–Crippen MR) is 123 cm³/mol. The normalized spacial score (nSPS) is 20.2. The number of aromatic nitrogens is 1. The lowest BCUT2D eigenvalue weighted by molar-refractivity contribution is -0.131. The molecule has 0 N–H and O–H groups in total. The zero-order chi connectivity index (χ0) is 22.8. The third kappa shape index (κ3) is 5.92. The molecule has 9 heteroatoms. The van der Waals surface area contributed by atoms with Crippen LogP contribution in [0.15, 0.2) is 35.8 Å². The fourth-order valence-electron chi connectivity index (χ4n) is 4.10. The number of thiazole rings is 1. The van der Waals surface area contributed by atoms with Gasteiger partial charge in [0.05, 0.1) is 10.2 Å². The van der Waals surface area contributed by atoms with Gasteiger partial charge in [-0.15, -0.1) is 6.58 Å². The van der Waals surface area contributed by atoms with Gasteiger partial charge in [0.15, 0.2) is 14.6 Å². The maximum atomic E-state index is 12.5. The first-order chi connectivity index (χ1) is 14.6. The van der Waals surface area contributed by atoms with Crippen LogP contribution in [0.2, 0.25) is 0 Å². The monoisotopic (exact) mass is 463 g/mol. The molecule has 1 fully saturated rings. The molecule has 1 aliphatic heterocycles. The highest BCUT2D eigenvalue weighted by Crippen LogP contribution is 2.21. The molecule has 1 aromatic carbocycles. The van der Waals surface area contributed by atoms with Gasteiger partial charge in [-0.05, 0) is 42.9 Å². The summed E-state index contributed by atoms with van der Waals surface area (Å²) in [6.45, 7) is 11.4. The molecule has 1 aromatic heterocycles. The van der Waals surface area contributed by atoms with E-state index in [9.17, 15) is 18.0 Å². The minimum atomic E-state index is -3.91. The summed E-state index contributed by atoms with van der Waals surface area (Å²) in [6.07, 6.45) is 2.72. The Bertz CT molecular complexity index is 1170. The van der Waals surface area contributed by atoms with Crippen LogP contribution in [-0.4, -0.2) is 54.3 Å². The summed E-state index contributed by atoms with van der Waals surface area (Å²) in [7, 11) is -3.91. The van der Waals surface area contributed by atoms with Crippen LogP contribution in [0.4, 0.5) is 0 Å². The summed E-state index contributed by atoms with van der Waals surface area (Å²) in [4.78, 5) is 31.1. The molecule has 2 atom stereocenters. The second-order valence-electron chi connectivity index (χ2n) is 8.54. The molecule has 2 amide bonds. The van der Waals surface area contributed by atoms with Crippen LogP contribution in [-0.2, 0) is 26.0 Å². The van der Waals surface area contributed by atoms with Gasteiger partial charge in [-0.3, -0.25) is 9.59 Å². The first kappa shape index (κ1) is 23.4. The van der Waals surface area contributed by atoms with Crippen molar-refractivity contribution < 1.29 is 18.0 Å². The number of carbonyl (C=O) groups excluding carboxylic acids is 2. The van der Waals surface area contributed by atoms with Crippen molar-refractivity contribution in [3.05, 3.63) is 41.2 Å². The summed E-state index contributed by atoms with van der Waals surface area (Å²) in [5, 5.41) is 0. The van der Waals surface area contributed by atoms with Crippen LogP contribution in [0.3, 0.4) is 0 Å². The highest BCUT2D eigenvalue weighted by atomic mass is 32.2. The topological polar surface area (TPSA) is 88.8 Å². The number of allylic oxidation sites excluding steroid dienone is 1. The molecule has 1 saturated heterocycles. The van der Waals surface area contributed by atoms with E-state index in [4.69, 9.17) is 0 Å². The Labute approximate surface area is 187 Å². The number of aryl methyl sites for hydroxylation is 1. The van der Waals surface area contributed by atoms with Gasteiger partial charge in [-0.2, -0.15) is 4.99 Å². The van der Waals surface area contributed by atoms with Gasteiger partial charge in [0.2, 0.25) is 5.91 Å². The summed E-state index contributed by atoms with van der Waals surface area (Å²) in [6, 6.07) is 5.92. The number of piperidine rings is 1. The van der Waals surface area contributed by atoms with Gasteiger partial charge in [-0.25, -0.2) is 8.42 Å². The lowest BCUT2D eigenvalue weighted by Gasteiger charge is -2.34. The van der Waals surface area contributed by atoms with Crippen LogP contribution in [0.5, 0.6) is 0 Å². The molecule has 3 rings (SSSR count). The van der Waals surface area contributed by atoms with E-state index in [2.05, 4.69) is 25.4 Å². The SMILES string of the molecule is C=CCn1c(=NC(=O)CS(=O)(=O)CC(=O)N2CC(C)CC(C)C2)sc2cc(C)ccc21. The Morgan fingerprint density at radius 2 is 1.90 bits per heavy atom. The van der Waals surface area contributed by atoms with E-state index in [1.807, 2.05) is 29.7 Å². The molecule has 0 saturated carbocycles. The molecule has 0 radical (unpaired) electrons. The summed E-state index contributed by atoms with van der Waals surface area (Å²) in [5.74, 6) is -1.97. The lowest BCUT2D eigenvalue weighted by Crippen LogP contribution is -2.45. The number of nitrogens with zero attached hydrogens (tertiary/aromatic N) is 3. The van der Waals surface area contributed by atoms with Crippen LogP contribution in [0.1, 0.15) is 25.8 Å². The van der Waals surface area contributed by atoms with Crippen molar-refractivity contribution in [3.63, 3.8) is 0 Å². The van der Waals surface area contributed by atoms with E-state index in [1.165, 1.54) is 11.3 Å². The molecule has 31 heavy (non-hydrogen) atoms. The van der Waals surface area contributed by atoms with E-state index in [1.54, 1.807) is 11.0 Å². The Kier molecular flexibility index (Phi) is 7.16. The molecule has 0 aliphatic carbocycles. The fourth-order valence-corrected chi connectivity index (χ4v) is 6.35. The minimum Gasteiger partial charge on any atom is -0.341 e. The minimum absolute atomic E-state index is 0.337. The molecular weight excluding hydrogens is 434 g/mol. The highest BCUT2D eigenvalue weighted by Gasteiger charge is 2.29. The van der Waals surface area contributed by atoms with Gasteiger partial charge < -0.3 is 9.47 Å². The average molecular weight is 464 g/mol. The van der Waals surface area contributed by atoms with Crippen LogP contribution < -0.4 is 4.80 Å². The summed E-state index contributed by atoms with van der Waals surface area (Å²) in [5.41, 5.74) is 1.99. The van der Waals surface area contributed by atoms with Gasteiger partial charge >= 0.3 is 0 Å². The number of sulfone groups is 1. The van der Waals surface area contributed by atoms with Crippen molar-refractivity contribution in [3.8, 4) is 0 Å². The number of hydrogen-bond donors (Lipinski definition) is 0. The van der Waals surface area contributed by atoms with Crippen molar-refractivity contribution in [2.24, 2.45) is 16.8 Å². The van der Waals surface area contributed by atoms with E-state index in [0.717, 1.165) is 22.2 Å². The van der Waals surface area contributed by atoms with Crippen molar-refractivity contribution in [1.29, 1.82) is 0 Å². The average Bonchev–Trinajstić information content (AvgIpc) is 2.96. The fraction of sp³-hybridized carbons (Fsp3) is 0.500. The van der Waals surface area contributed by atoms with Crippen molar-refractivity contribution in [2.45, 2.75) is 33.7 Å². The quantitative estimate of drug-likeness (QED) is 0.616. The molecule has 0 bridgehead atoms. The van der Waals surface area contributed by atoms with Gasteiger partial charge in [0.25, 0.3) is 5.91 Å². The number of carbonyl (C=O) groups is 2. The molecule has 7 nitrogen and oxygen atoms in total. The Hall–Kier alpha value is -2.26. The molecule has 2 unspecified atom stereocenters. The van der Waals surface area contributed by atoms with Crippen molar-refractivity contribution in [1.82, 2.24) is 9.47 Å². The summed E-state index contributed by atoms with van der Waals surface area (Å²) >= 11 is 1.33.